The molecule has 7 nitrogen and oxygen atoms in total. The van der Waals surface area contributed by atoms with Crippen LogP contribution in [0.5, 0.6) is 17.2 Å². The Labute approximate surface area is 285 Å². The number of benzene rings is 4. The summed E-state index contributed by atoms with van der Waals surface area (Å²) in [6.07, 6.45) is 2.40. The summed E-state index contributed by atoms with van der Waals surface area (Å²) < 4.78 is 19.5. The SMILES string of the molecule is CC(C)(C)[Si](C)(C)O[C@H](COc1ccccc1)CN(CCc1ccc(Oc2ccnc3cc(C(=O)O)ccc23)cc1)Cc1ccccc1. The number of nitrogens with zero attached hydrogens (tertiary/aromatic N) is 2. The second kappa shape index (κ2) is 15.6. The number of hydrogen-bond donors (Lipinski definition) is 1. The number of para-hydroxylation sites is 1. The fourth-order valence-electron chi connectivity index (χ4n) is 5.27. The molecule has 0 unspecified atom stereocenters. The highest BCUT2D eigenvalue weighted by molar-refractivity contribution is 6.74. The van der Waals surface area contributed by atoms with Crippen molar-refractivity contribution < 1.29 is 23.8 Å². The molecule has 1 heterocycles. The van der Waals surface area contributed by atoms with E-state index < -0.39 is 14.3 Å². The molecule has 0 bridgehead atoms. The molecule has 5 aromatic rings. The highest BCUT2D eigenvalue weighted by Gasteiger charge is 2.39. The standard InChI is InChI=1S/C40H46N2O5Si/c1-40(2,3)48(4,5)47-35(29-45-33-14-10-7-11-15-33)28-42(27-31-12-8-6-9-13-31)25-23-30-16-19-34(20-17-30)46-38-22-24-41-37-26-32(39(43)44)18-21-36(37)38/h6-22,24,26,35H,23,25,27-29H2,1-5H3,(H,43,44)/t35-/m0/s1. The number of rotatable bonds is 15. The smallest absolute Gasteiger partial charge is 0.335 e. The Hall–Kier alpha value is -4.50. The van der Waals surface area contributed by atoms with Crippen LogP contribution in [0.4, 0.5) is 0 Å². The molecule has 48 heavy (non-hydrogen) atoms. The molecule has 0 saturated carbocycles. The molecule has 1 aromatic heterocycles. The first kappa shape index (κ1) is 34.8. The number of hydrogen-bond acceptors (Lipinski definition) is 6. The van der Waals surface area contributed by atoms with Gasteiger partial charge in [-0.3, -0.25) is 9.88 Å². The van der Waals surface area contributed by atoms with Gasteiger partial charge in [0.15, 0.2) is 8.32 Å². The van der Waals surface area contributed by atoms with Crippen LogP contribution in [0.2, 0.25) is 18.1 Å². The molecule has 0 saturated heterocycles. The highest BCUT2D eigenvalue weighted by Crippen LogP contribution is 2.37. The van der Waals surface area contributed by atoms with Gasteiger partial charge in [0, 0.05) is 31.2 Å². The first-order valence-corrected chi connectivity index (χ1v) is 19.4. The Bertz CT molecular complexity index is 1770. The summed E-state index contributed by atoms with van der Waals surface area (Å²) in [6.45, 7) is 14.3. The first-order valence-electron chi connectivity index (χ1n) is 16.5. The summed E-state index contributed by atoms with van der Waals surface area (Å²) in [5.41, 5.74) is 3.23. The average Bonchev–Trinajstić information content (AvgIpc) is 3.07. The van der Waals surface area contributed by atoms with Gasteiger partial charge in [0.25, 0.3) is 0 Å². The first-order chi connectivity index (χ1) is 23.0. The van der Waals surface area contributed by atoms with Crippen LogP contribution in [0.1, 0.15) is 42.3 Å². The molecule has 5 rings (SSSR count). The number of ether oxygens (including phenoxy) is 2. The molecule has 8 heteroatoms. The van der Waals surface area contributed by atoms with Crippen LogP contribution < -0.4 is 9.47 Å². The molecular weight excluding hydrogens is 617 g/mol. The highest BCUT2D eigenvalue weighted by atomic mass is 28.4. The van der Waals surface area contributed by atoms with Crippen molar-refractivity contribution in [2.24, 2.45) is 0 Å². The van der Waals surface area contributed by atoms with Crippen molar-refractivity contribution in [1.29, 1.82) is 0 Å². The molecule has 0 fully saturated rings. The zero-order valence-electron chi connectivity index (χ0n) is 28.6. The van der Waals surface area contributed by atoms with Crippen LogP contribution in [0.25, 0.3) is 10.9 Å². The summed E-state index contributed by atoms with van der Waals surface area (Å²) in [7, 11) is -2.07. The molecule has 4 aromatic carbocycles. The van der Waals surface area contributed by atoms with Crippen LogP contribution in [0.3, 0.4) is 0 Å². The predicted molar refractivity (Wildman–Crippen MR) is 195 cm³/mol. The minimum atomic E-state index is -2.07. The third-order valence-electron chi connectivity index (χ3n) is 8.97. The van der Waals surface area contributed by atoms with Crippen molar-refractivity contribution >= 4 is 25.2 Å². The van der Waals surface area contributed by atoms with E-state index in [0.717, 1.165) is 37.2 Å². The normalized spacial score (nSPS) is 12.6. The molecule has 0 aliphatic rings. The van der Waals surface area contributed by atoms with Gasteiger partial charge >= 0.3 is 5.97 Å². The third-order valence-corrected chi connectivity index (χ3v) is 13.5. The second-order valence-corrected chi connectivity index (χ2v) is 18.4. The number of fused-ring (bicyclic) bond motifs is 1. The van der Waals surface area contributed by atoms with Gasteiger partial charge in [0.2, 0.25) is 0 Å². The fraction of sp³-hybridized carbons (Fsp3) is 0.300. The summed E-state index contributed by atoms with van der Waals surface area (Å²) in [5.74, 6) is 1.20. The average molecular weight is 663 g/mol. The van der Waals surface area contributed by atoms with E-state index in [-0.39, 0.29) is 16.7 Å². The van der Waals surface area contributed by atoms with Gasteiger partial charge in [-0.25, -0.2) is 4.79 Å². The van der Waals surface area contributed by atoms with Crippen molar-refractivity contribution in [1.82, 2.24) is 9.88 Å². The van der Waals surface area contributed by atoms with E-state index in [9.17, 15) is 9.90 Å². The lowest BCUT2D eigenvalue weighted by Gasteiger charge is -2.40. The number of pyridine rings is 1. The number of carboxylic acids is 1. The molecular formula is C40H46N2O5Si. The van der Waals surface area contributed by atoms with Crippen LogP contribution in [0.15, 0.2) is 115 Å². The summed E-state index contributed by atoms with van der Waals surface area (Å²) in [5, 5.41) is 10.2. The molecule has 250 valence electrons. The van der Waals surface area contributed by atoms with Gasteiger partial charge in [0.1, 0.15) is 23.9 Å². The van der Waals surface area contributed by atoms with E-state index in [0.29, 0.717) is 23.6 Å². The lowest BCUT2D eigenvalue weighted by atomic mass is 10.1. The zero-order chi connectivity index (χ0) is 34.1. The maximum atomic E-state index is 11.4. The quantitative estimate of drug-likeness (QED) is 0.112. The molecule has 0 spiro atoms. The Morgan fingerprint density at radius 3 is 2.21 bits per heavy atom. The van der Waals surface area contributed by atoms with Crippen molar-refractivity contribution in [3.63, 3.8) is 0 Å². The van der Waals surface area contributed by atoms with Gasteiger partial charge in [0.05, 0.1) is 17.2 Å². The Morgan fingerprint density at radius 1 is 0.854 bits per heavy atom. The number of carbonyl (C=O) groups is 1. The summed E-state index contributed by atoms with van der Waals surface area (Å²) >= 11 is 0. The van der Waals surface area contributed by atoms with Crippen LogP contribution >= 0.6 is 0 Å². The molecule has 0 radical (unpaired) electrons. The van der Waals surface area contributed by atoms with Gasteiger partial charge in [-0.1, -0.05) is 81.4 Å². The van der Waals surface area contributed by atoms with Gasteiger partial charge < -0.3 is 19.0 Å². The van der Waals surface area contributed by atoms with Crippen LogP contribution in [-0.4, -0.2) is 55.1 Å². The second-order valence-electron chi connectivity index (χ2n) is 13.7. The van der Waals surface area contributed by atoms with E-state index >= 15 is 0 Å². The molecule has 0 aliphatic heterocycles. The van der Waals surface area contributed by atoms with Gasteiger partial charge in [-0.2, -0.15) is 0 Å². The Kier molecular flexibility index (Phi) is 11.3. The topological polar surface area (TPSA) is 81.1 Å². The van der Waals surface area contributed by atoms with Crippen LogP contribution in [0, 0.1) is 0 Å². The number of aromatic nitrogens is 1. The molecule has 1 atom stereocenters. The van der Waals surface area contributed by atoms with E-state index in [1.54, 1.807) is 30.5 Å². The minimum Gasteiger partial charge on any atom is -0.491 e. The predicted octanol–water partition coefficient (Wildman–Crippen LogP) is 9.24. The van der Waals surface area contributed by atoms with E-state index in [1.165, 1.54) is 11.1 Å². The zero-order valence-corrected chi connectivity index (χ0v) is 29.6. The van der Waals surface area contributed by atoms with Crippen molar-refractivity contribution in [3.8, 4) is 17.2 Å². The lowest BCUT2D eigenvalue weighted by Crippen LogP contribution is -2.49. The molecule has 0 aliphatic carbocycles. The monoisotopic (exact) mass is 662 g/mol. The van der Waals surface area contributed by atoms with Gasteiger partial charge in [-0.15, -0.1) is 0 Å². The molecule has 0 amide bonds. The third kappa shape index (κ3) is 9.53. The number of carboxylic acid groups (broad SMARTS) is 1. The van der Waals surface area contributed by atoms with E-state index in [4.69, 9.17) is 13.9 Å². The fourth-order valence-corrected chi connectivity index (χ4v) is 6.60. The Morgan fingerprint density at radius 2 is 1.54 bits per heavy atom. The maximum Gasteiger partial charge on any atom is 0.335 e. The van der Waals surface area contributed by atoms with E-state index in [2.05, 4.69) is 86.2 Å². The van der Waals surface area contributed by atoms with Crippen molar-refractivity contribution in [3.05, 3.63) is 132 Å². The summed E-state index contributed by atoms with van der Waals surface area (Å²) in [6, 6.07) is 35.4. The largest absolute Gasteiger partial charge is 0.491 e. The van der Waals surface area contributed by atoms with Gasteiger partial charge in [-0.05, 0) is 84.2 Å². The van der Waals surface area contributed by atoms with Crippen molar-refractivity contribution in [2.75, 3.05) is 19.7 Å². The lowest BCUT2D eigenvalue weighted by molar-refractivity contribution is 0.0697. The van der Waals surface area contributed by atoms with Crippen LogP contribution in [-0.2, 0) is 17.4 Å². The minimum absolute atomic E-state index is 0.0794. The molecule has 1 N–H and O–H groups in total. The maximum absolute atomic E-state index is 11.4. The number of aromatic carboxylic acids is 1. The van der Waals surface area contributed by atoms with E-state index in [1.807, 2.05) is 42.5 Å². The Balaban J connectivity index is 1.29. The summed E-state index contributed by atoms with van der Waals surface area (Å²) in [4.78, 5) is 18.2. The van der Waals surface area contributed by atoms with Crippen molar-refractivity contribution in [2.45, 2.75) is 58.0 Å².